The van der Waals surface area contributed by atoms with Gasteiger partial charge in [0.15, 0.2) is 0 Å². The third-order valence-corrected chi connectivity index (χ3v) is 8.57. The van der Waals surface area contributed by atoms with Crippen molar-refractivity contribution in [1.82, 2.24) is 19.1 Å². The Hall–Kier alpha value is -2.37. The number of halogens is 3. The molecule has 0 saturated carbocycles. The Morgan fingerprint density at radius 1 is 1.06 bits per heavy atom. The fraction of sp³-hybridized carbons (Fsp3) is 0.500. The van der Waals surface area contributed by atoms with Crippen molar-refractivity contribution < 1.29 is 26.4 Å². The molecule has 0 aliphatic carbocycles. The van der Waals surface area contributed by atoms with Crippen molar-refractivity contribution in [3.05, 3.63) is 52.8 Å². The molecule has 4 rings (SSSR count). The summed E-state index contributed by atoms with van der Waals surface area (Å²) in [6, 6.07) is 7.19. The quantitative estimate of drug-likeness (QED) is 0.727. The number of nitrogens with zero attached hydrogens (tertiary/aromatic N) is 3. The number of piperidine rings is 1. The number of likely N-dealkylation sites (tertiary alicyclic amines) is 1. The average molecular weight is 485 g/mol. The summed E-state index contributed by atoms with van der Waals surface area (Å²) in [6.45, 7) is 3.20. The van der Waals surface area contributed by atoms with Crippen molar-refractivity contribution in [2.24, 2.45) is 0 Å². The van der Waals surface area contributed by atoms with Gasteiger partial charge in [-0.05, 0) is 69.8 Å². The van der Waals surface area contributed by atoms with Crippen LogP contribution in [-0.2, 0) is 28.3 Å². The van der Waals surface area contributed by atoms with E-state index in [1.54, 1.807) is 24.0 Å². The van der Waals surface area contributed by atoms with E-state index in [9.17, 15) is 26.4 Å². The lowest BCUT2D eigenvalue weighted by molar-refractivity contribution is -0.144. The van der Waals surface area contributed by atoms with Gasteiger partial charge < -0.3 is 9.47 Å². The van der Waals surface area contributed by atoms with Crippen LogP contribution in [0.1, 0.15) is 40.2 Å². The second-order valence-corrected chi connectivity index (χ2v) is 10.5. The molecule has 2 aliphatic rings. The largest absolute Gasteiger partial charge is 0.431 e. The zero-order chi connectivity index (χ0) is 24.2. The number of rotatable bonds is 3. The third kappa shape index (κ3) is 3.95. The molecule has 1 aromatic carbocycles. The monoisotopic (exact) mass is 484 g/mol. The summed E-state index contributed by atoms with van der Waals surface area (Å²) in [7, 11) is -0.371. The minimum absolute atomic E-state index is 0.115. The first-order chi connectivity index (χ1) is 15.4. The molecular weight excluding hydrogens is 457 g/mol. The lowest BCUT2D eigenvalue weighted by Crippen LogP contribution is -2.56. The first kappa shape index (κ1) is 23.8. The summed E-state index contributed by atoms with van der Waals surface area (Å²) in [5.74, 6) is -0.216. The Bertz CT molecular complexity index is 1180. The van der Waals surface area contributed by atoms with Gasteiger partial charge in [-0.1, -0.05) is 0 Å². The summed E-state index contributed by atoms with van der Waals surface area (Å²) in [5, 5.41) is 0. The molecule has 1 spiro atoms. The molecule has 33 heavy (non-hydrogen) atoms. The molecule has 1 N–H and O–H groups in total. The highest BCUT2D eigenvalue weighted by atomic mass is 32.2. The van der Waals surface area contributed by atoms with Crippen LogP contribution >= 0.6 is 0 Å². The summed E-state index contributed by atoms with van der Waals surface area (Å²) >= 11 is 0. The Labute approximate surface area is 191 Å². The molecule has 1 aromatic heterocycles. The number of carbonyl (C=O) groups excluding carboxylic acids is 1. The zero-order valence-electron chi connectivity index (χ0n) is 18.7. The second-order valence-electron chi connectivity index (χ2n) is 8.69. The van der Waals surface area contributed by atoms with E-state index in [1.807, 2.05) is 7.05 Å². The molecule has 0 atom stereocenters. The predicted octanol–water partition coefficient (Wildman–Crippen LogP) is 2.80. The second kappa shape index (κ2) is 8.14. The maximum absolute atomic E-state index is 13.4. The van der Waals surface area contributed by atoms with Crippen LogP contribution in [-0.4, -0.2) is 62.4 Å². The molecular formula is C22H27F3N4O3S. The molecule has 0 bridgehead atoms. The lowest BCUT2D eigenvalue weighted by Gasteiger charge is -2.50. The SMILES string of the molecule is CNS(=O)(=O)c1ccc(C(=O)N2CCC3(CC2)c2ccc(C(F)(F)F)n2CCN3C)cc1C. The van der Waals surface area contributed by atoms with Crippen LogP contribution in [0.5, 0.6) is 0 Å². The minimum atomic E-state index is -4.41. The fourth-order valence-corrected chi connectivity index (χ4v) is 6.07. The number of alkyl halides is 3. The average Bonchev–Trinajstić information content (AvgIpc) is 3.22. The molecule has 1 fully saturated rings. The number of amides is 1. The maximum Gasteiger partial charge on any atom is 0.431 e. The van der Waals surface area contributed by atoms with Gasteiger partial charge >= 0.3 is 6.18 Å². The molecule has 0 radical (unpaired) electrons. The Morgan fingerprint density at radius 2 is 1.73 bits per heavy atom. The van der Waals surface area contributed by atoms with Crippen LogP contribution in [0, 0.1) is 6.92 Å². The first-order valence-corrected chi connectivity index (χ1v) is 12.2. The Morgan fingerprint density at radius 3 is 2.30 bits per heavy atom. The van der Waals surface area contributed by atoms with Crippen molar-refractivity contribution in [1.29, 1.82) is 0 Å². The number of hydrogen-bond donors (Lipinski definition) is 1. The highest BCUT2D eigenvalue weighted by Crippen LogP contribution is 2.44. The van der Waals surface area contributed by atoms with E-state index in [4.69, 9.17) is 0 Å². The van der Waals surface area contributed by atoms with E-state index in [0.29, 0.717) is 49.3 Å². The maximum atomic E-state index is 13.4. The minimum Gasteiger partial charge on any atom is -0.338 e. The number of nitrogens with one attached hydrogen (secondary N) is 1. The molecule has 180 valence electrons. The van der Waals surface area contributed by atoms with Crippen molar-refractivity contribution in [2.45, 2.75) is 42.9 Å². The molecule has 7 nitrogen and oxygen atoms in total. The zero-order valence-corrected chi connectivity index (χ0v) is 19.6. The van der Waals surface area contributed by atoms with Gasteiger partial charge in [0.25, 0.3) is 5.91 Å². The molecule has 1 saturated heterocycles. The van der Waals surface area contributed by atoms with E-state index in [0.717, 1.165) is 6.07 Å². The van der Waals surface area contributed by atoms with Crippen molar-refractivity contribution >= 4 is 15.9 Å². The standard InChI is InChI=1S/C22H27F3N4O3S/c1-15-14-16(4-5-17(15)33(31,32)26-2)20(30)28-10-8-21(9-11-28)18-6-7-19(22(23,24)25)29(18)13-12-27(21)3/h4-7,14,26H,8-13H2,1-3H3. The summed E-state index contributed by atoms with van der Waals surface area (Å²) in [5.41, 5.74) is 0.314. The number of carbonyl (C=O) groups is 1. The first-order valence-electron chi connectivity index (χ1n) is 10.7. The normalized spacial score (nSPS) is 19.0. The molecule has 11 heteroatoms. The lowest BCUT2D eigenvalue weighted by atomic mass is 9.81. The third-order valence-electron chi connectivity index (χ3n) is 7.00. The van der Waals surface area contributed by atoms with Gasteiger partial charge in [0.2, 0.25) is 10.0 Å². The molecule has 1 amide bonds. The molecule has 2 aliphatic heterocycles. The number of hydrogen-bond acceptors (Lipinski definition) is 4. The van der Waals surface area contributed by atoms with E-state index in [2.05, 4.69) is 9.62 Å². The summed E-state index contributed by atoms with van der Waals surface area (Å²) in [4.78, 5) is 17.0. The van der Waals surface area contributed by atoms with Gasteiger partial charge in [-0.15, -0.1) is 0 Å². The number of likely N-dealkylation sites (N-methyl/N-ethyl adjacent to an activating group) is 1. The van der Waals surface area contributed by atoms with Crippen LogP contribution < -0.4 is 4.72 Å². The predicted molar refractivity (Wildman–Crippen MR) is 116 cm³/mol. The number of sulfonamides is 1. The highest BCUT2D eigenvalue weighted by Gasteiger charge is 2.47. The number of aromatic nitrogens is 1. The van der Waals surface area contributed by atoms with E-state index in [-0.39, 0.29) is 17.3 Å². The van der Waals surface area contributed by atoms with Gasteiger partial charge in [0.05, 0.1) is 10.4 Å². The van der Waals surface area contributed by atoms with Crippen molar-refractivity contribution in [3.63, 3.8) is 0 Å². The highest BCUT2D eigenvalue weighted by molar-refractivity contribution is 7.89. The van der Waals surface area contributed by atoms with Crippen molar-refractivity contribution in [2.75, 3.05) is 33.7 Å². The molecule has 3 heterocycles. The number of benzene rings is 1. The van der Waals surface area contributed by atoms with Gasteiger partial charge in [-0.2, -0.15) is 13.2 Å². The summed E-state index contributed by atoms with van der Waals surface area (Å²) in [6.07, 6.45) is -3.37. The summed E-state index contributed by atoms with van der Waals surface area (Å²) < 4.78 is 68.2. The number of fused-ring (bicyclic) bond motifs is 2. The van der Waals surface area contributed by atoms with Gasteiger partial charge in [0.1, 0.15) is 5.69 Å². The van der Waals surface area contributed by atoms with Crippen LogP contribution in [0.2, 0.25) is 0 Å². The molecule has 0 unspecified atom stereocenters. The van der Waals surface area contributed by atoms with Gasteiger partial charge in [0, 0.05) is 37.4 Å². The van der Waals surface area contributed by atoms with Gasteiger partial charge in [-0.3, -0.25) is 9.69 Å². The molecule has 2 aromatic rings. The smallest absolute Gasteiger partial charge is 0.338 e. The van der Waals surface area contributed by atoms with E-state index in [1.165, 1.54) is 23.7 Å². The van der Waals surface area contributed by atoms with Crippen LogP contribution in [0.15, 0.2) is 35.2 Å². The topological polar surface area (TPSA) is 74.6 Å². The van der Waals surface area contributed by atoms with Crippen LogP contribution in [0.4, 0.5) is 13.2 Å². The number of aryl methyl sites for hydroxylation is 1. The van der Waals surface area contributed by atoms with E-state index >= 15 is 0 Å². The van der Waals surface area contributed by atoms with E-state index < -0.39 is 27.4 Å². The Balaban J connectivity index is 1.56. The van der Waals surface area contributed by atoms with Crippen LogP contribution in [0.25, 0.3) is 0 Å². The van der Waals surface area contributed by atoms with Crippen molar-refractivity contribution in [3.8, 4) is 0 Å². The fourth-order valence-electron chi connectivity index (χ4n) is 5.12. The Kier molecular flexibility index (Phi) is 5.86. The van der Waals surface area contributed by atoms with Crippen LogP contribution in [0.3, 0.4) is 0 Å². The van der Waals surface area contributed by atoms with Gasteiger partial charge in [-0.25, -0.2) is 13.1 Å².